The minimum Gasteiger partial charge on any atom is -0.463 e. The monoisotopic (exact) mass is 302 g/mol. The Kier molecular flexibility index (Phi) is 4.24. The fraction of sp³-hybridized carbons (Fsp3) is 0.0952. The molecule has 0 aliphatic heterocycles. The maximum atomic E-state index is 10.1. The third-order valence-electron chi connectivity index (χ3n) is 3.85. The smallest absolute Gasteiger partial charge is 0.330 e. The van der Waals surface area contributed by atoms with E-state index in [1.807, 2.05) is 0 Å². The van der Waals surface area contributed by atoms with Crippen molar-refractivity contribution in [3.63, 3.8) is 0 Å². The van der Waals surface area contributed by atoms with E-state index in [1.165, 1.54) is 32.3 Å². The molecule has 4 rings (SSSR count). The molecule has 2 nitrogen and oxygen atoms in total. The molecule has 0 aliphatic rings. The highest BCUT2D eigenvalue weighted by Gasteiger charge is 2.05. The number of carbonyl (C=O) groups is 1. The Hall–Kier alpha value is -2.87. The lowest BCUT2D eigenvalue weighted by molar-refractivity contribution is -0.137. The second-order valence-corrected chi connectivity index (χ2v) is 5.25. The van der Waals surface area contributed by atoms with E-state index in [1.54, 1.807) is 6.92 Å². The van der Waals surface area contributed by atoms with E-state index in [0.717, 1.165) is 6.08 Å². The lowest BCUT2D eigenvalue weighted by Gasteiger charge is -2.09. The van der Waals surface area contributed by atoms with Crippen molar-refractivity contribution < 1.29 is 9.53 Å². The summed E-state index contributed by atoms with van der Waals surface area (Å²) in [5.74, 6) is -0.359. The molecule has 0 amide bonds. The van der Waals surface area contributed by atoms with Crippen LogP contribution in [0.2, 0.25) is 0 Å². The Balaban J connectivity index is 0.000000193. The first-order chi connectivity index (χ1) is 11.2. The lowest BCUT2D eigenvalue weighted by Crippen LogP contribution is -1.97. The summed E-state index contributed by atoms with van der Waals surface area (Å²) in [6.07, 6.45) is 1.14. The first kappa shape index (κ1) is 15.0. The minimum absolute atomic E-state index is 0.359. The molecule has 2 heteroatoms. The van der Waals surface area contributed by atoms with Gasteiger partial charge < -0.3 is 4.74 Å². The molecule has 0 aliphatic carbocycles. The Labute approximate surface area is 135 Å². The molecule has 0 saturated heterocycles. The van der Waals surface area contributed by atoms with Gasteiger partial charge in [0.1, 0.15) is 0 Å². The molecule has 0 atom stereocenters. The lowest BCUT2D eigenvalue weighted by atomic mass is 9.95. The number of benzene rings is 4. The van der Waals surface area contributed by atoms with E-state index in [0.29, 0.717) is 6.61 Å². The number of ether oxygens (including phenoxy) is 1. The summed E-state index contributed by atoms with van der Waals surface area (Å²) in [6, 6.07) is 21.9. The van der Waals surface area contributed by atoms with Crippen molar-refractivity contribution in [3.8, 4) is 0 Å². The molecule has 0 heterocycles. The van der Waals surface area contributed by atoms with E-state index in [4.69, 9.17) is 0 Å². The number of rotatable bonds is 2. The zero-order valence-electron chi connectivity index (χ0n) is 13.1. The number of carbonyl (C=O) groups excluding carboxylic acids is 1. The zero-order valence-corrected chi connectivity index (χ0v) is 13.1. The third-order valence-corrected chi connectivity index (χ3v) is 3.85. The molecule has 114 valence electrons. The minimum atomic E-state index is -0.359. The van der Waals surface area contributed by atoms with Crippen LogP contribution in [0.4, 0.5) is 0 Å². The molecule has 23 heavy (non-hydrogen) atoms. The number of hydrogen-bond acceptors (Lipinski definition) is 2. The first-order valence-corrected chi connectivity index (χ1v) is 7.66. The van der Waals surface area contributed by atoms with Gasteiger partial charge >= 0.3 is 5.97 Å². The van der Waals surface area contributed by atoms with Gasteiger partial charge in [0.05, 0.1) is 6.61 Å². The number of esters is 1. The van der Waals surface area contributed by atoms with Gasteiger partial charge in [0.15, 0.2) is 0 Å². The van der Waals surface area contributed by atoms with Crippen LogP contribution in [-0.2, 0) is 9.53 Å². The van der Waals surface area contributed by atoms with Crippen molar-refractivity contribution in [2.24, 2.45) is 0 Å². The summed E-state index contributed by atoms with van der Waals surface area (Å²) in [7, 11) is 0. The van der Waals surface area contributed by atoms with Crippen molar-refractivity contribution in [2.75, 3.05) is 6.61 Å². The third kappa shape index (κ3) is 2.88. The molecule has 4 aromatic carbocycles. The molecule has 0 spiro atoms. The van der Waals surface area contributed by atoms with Gasteiger partial charge in [-0.15, -0.1) is 0 Å². The van der Waals surface area contributed by atoms with Gasteiger partial charge in [0.25, 0.3) is 0 Å². The van der Waals surface area contributed by atoms with Gasteiger partial charge in [0.2, 0.25) is 0 Å². The quantitative estimate of drug-likeness (QED) is 0.284. The number of hydrogen-bond donors (Lipinski definition) is 0. The van der Waals surface area contributed by atoms with Crippen LogP contribution in [-0.4, -0.2) is 12.6 Å². The van der Waals surface area contributed by atoms with E-state index in [2.05, 4.69) is 72.0 Å². The second kappa shape index (κ2) is 6.49. The summed E-state index contributed by atoms with van der Waals surface area (Å²) in [5.41, 5.74) is 0. The topological polar surface area (TPSA) is 26.3 Å². The highest BCUT2D eigenvalue weighted by Crippen LogP contribution is 2.33. The van der Waals surface area contributed by atoms with Crippen LogP contribution in [0.25, 0.3) is 32.3 Å². The summed E-state index contributed by atoms with van der Waals surface area (Å²) in [4.78, 5) is 10.1. The highest BCUT2D eigenvalue weighted by atomic mass is 16.5. The van der Waals surface area contributed by atoms with Crippen molar-refractivity contribution in [3.05, 3.63) is 73.3 Å². The van der Waals surface area contributed by atoms with E-state index in [9.17, 15) is 4.79 Å². The normalized spacial score (nSPS) is 10.5. The Morgan fingerprint density at radius 2 is 1.26 bits per heavy atom. The fourth-order valence-electron chi connectivity index (χ4n) is 2.87. The fourth-order valence-corrected chi connectivity index (χ4v) is 2.87. The maximum absolute atomic E-state index is 10.1. The summed E-state index contributed by atoms with van der Waals surface area (Å²) in [6.45, 7) is 5.38. The molecule has 0 fully saturated rings. The highest BCUT2D eigenvalue weighted by molar-refractivity contribution is 6.22. The Bertz CT molecular complexity index is 839. The predicted molar refractivity (Wildman–Crippen MR) is 97.0 cm³/mol. The summed E-state index contributed by atoms with van der Waals surface area (Å²) in [5, 5.41) is 8.14. The van der Waals surface area contributed by atoms with Gasteiger partial charge in [-0.2, -0.15) is 0 Å². The average molecular weight is 302 g/mol. The molecule has 0 N–H and O–H groups in total. The van der Waals surface area contributed by atoms with Crippen LogP contribution in [0.3, 0.4) is 0 Å². The van der Waals surface area contributed by atoms with Crippen LogP contribution < -0.4 is 0 Å². The van der Waals surface area contributed by atoms with Gasteiger partial charge in [-0.3, -0.25) is 0 Å². The van der Waals surface area contributed by atoms with E-state index >= 15 is 0 Å². The molecule has 4 aromatic rings. The molecular weight excluding hydrogens is 284 g/mol. The van der Waals surface area contributed by atoms with Crippen molar-refractivity contribution >= 4 is 38.3 Å². The second-order valence-electron chi connectivity index (χ2n) is 5.25. The van der Waals surface area contributed by atoms with Crippen molar-refractivity contribution in [1.29, 1.82) is 0 Å². The van der Waals surface area contributed by atoms with Crippen LogP contribution >= 0.6 is 0 Å². The van der Waals surface area contributed by atoms with Crippen LogP contribution in [0.1, 0.15) is 6.92 Å². The van der Waals surface area contributed by atoms with Crippen molar-refractivity contribution in [2.45, 2.75) is 6.92 Å². The van der Waals surface area contributed by atoms with Gasteiger partial charge in [-0.1, -0.05) is 67.2 Å². The SMILES string of the molecule is C=CC(=O)OCC.c1cc2ccc3cccc4ccc(c1)c2c34. The van der Waals surface area contributed by atoms with Crippen LogP contribution in [0.15, 0.2) is 73.3 Å². The first-order valence-electron chi connectivity index (χ1n) is 7.66. The van der Waals surface area contributed by atoms with E-state index in [-0.39, 0.29) is 5.97 Å². The maximum Gasteiger partial charge on any atom is 0.330 e. The molecule has 0 aromatic heterocycles. The largest absolute Gasteiger partial charge is 0.463 e. The molecule has 0 saturated carbocycles. The average Bonchev–Trinajstić information content (AvgIpc) is 2.60. The van der Waals surface area contributed by atoms with Gasteiger partial charge in [-0.25, -0.2) is 4.79 Å². The standard InChI is InChI=1S/C16H10.C5H8O2/c1-3-11-7-9-13-5-2-6-14-10-8-12(4-1)15(11)16(13)14;1-3-5(6)7-4-2/h1-10H;3H,1,4H2,2H3. The Morgan fingerprint density at radius 1 is 0.870 bits per heavy atom. The summed E-state index contributed by atoms with van der Waals surface area (Å²) >= 11 is 0. The Morgan fingerprint density at radius 3 is 1.52 bits per heavy atom. The van der Waals surface area contributed by atoms with Gasteiger partial charge in [-0.05, 0) is 39.2 Å². The van der Waals surface area contributed by atoms with Crippen molar-refractivity contribution in [1.82, 2.24) is 0 Å². The molecular formula is C21H18O2. The van der Waals surface area contributed by atoms with Crippen LogP contribution in [0.5, 0.6) is 0 Å². The van der Waals surface area contributed by atoms with E-state index < -0.39 is 0 Å². The summed E-state index contributed by atoms with van der Waals surface area (Å²) < 4.78 is 4.43. The zero-order chi connectivity index (χ0) is 16.2. The van der Waals surface area contributed by atoms with Crippen LogP contribution in [0, 0.1) is 0 Å². The van der Waals surface area contributed by atoms with Gasteiger partial charge in [0, 0.05) is 6.08 Å². The predicted octanol–water partition coefficient (Wildman–Crippen LogP) is 5.32. The molecule has 0 radical (unpaired) electrons. The molecule has 0 bridgehead atoms. The molecule has 0 unspecified atom stereocenters.